The Bertz CT molecular complexity index is 2960. The standard InChI is InChI=1S/C45H24Cl6N4O2/c46-24-4-1-5-25(47)39(24)42-32-16-14-30(52-32)38(22-10-12-23(13-11-22)45(56)57)31-15-17-33(53-31)43(40-26(48)6-2-7-27(40)49)35-19-21-37(55-35)44(36-20-18-34(42)54-36)41-28(50)8-3-9-29(41)51/h1-21,52,55H,(H,56,57). The van der Waals surface area contributed by atoms with Crippen LogP contribution in [0.15, 0.2) is 103 Å². The van der Waals surface area contributed by atoms with E-state index in [4.69, 9.17) is 79.6 Å². The molecule has 2 aliphatic rings. The topological polar surface area (TPSA) is 94.7 Å². The number of nitrogens with one attached hydrogen (secondary N) is 2. The van der Waals surface area contributed by atoms with Gasteiger partial charge in [-0.05, 0) is 103 Å². The third-order valence-electron chi connectivity index (χ3n) is 9.81. The highest BCUT2D eigenvalue weighted by atomic mass is 35.5. The Morgan fingerprint density at radius 2 is 0.702 bits per heavy atom. The molecule has 0 saturated heterocycles. The Hall–Kier alpha value is -5.31. The minimum absolute atomic E-state index is 0.152. The molecule has 9 rings (SSSR count). The number of hydrogen-bond donors (Lipinski definition) is 3. The fourth-order valence-electron chi connectivity index (χ4n) is 7.29. The van der Waals surface area contributed by atoms with Crippen molar-refractivity contribution < 1.29 is 9.90 Å². The molecule has 3 N–H and O–H groups in total. The lowest BCUT2D eigenvalue weighted by Crippen LogP contribution is -1.95. The van der Waals surface area contributed by atoms with Crippen molar-refractivity contribution in [1.29, 1.82) is 0 Å². The summed E-state index contributed by atoms with van der Waals surface area (Å²) in [6.07, 6.45) is 7.61. The molecule has 2 aliphatic heterocycles. The summed E-state index contributed by atoms with van der Waals surface area (Å²) < 4.78 is 0. The lowest BCUT2D eigenvalue weighted by Gasteiger charge is -2.11. The summed E-state index contributed by atoms with van der Waals surface area (Å²) in [5.41, 5.74) is 10.3. The molecule has 0 spiro atoms. The van der Waals surface area contributed by atoms with Crippen LogP contribution in [0, 0.1) is 0 Å². The van der Waals surface area contributed by atoms with Crippen LogP contribution < -0.4 is 0 Å². The highest BCUT2D eigenvalue weighted by Gasteiger charge is 2.23. The number of halogens is 6. The molecule has 12 heteroatoms. The molecule has 0 aliphatic carbocycles. The molecule has 57 heavy (non-hydrogen) atoms. The van der Waals surface area contributed by atoms with Crippen LogP contribution in [0.5, 0.6) is 0 Å². The van der Waals surface area contributed by atoms with Crippen molar-refractivity contribution >= 4 is 122 Å². The van der Waals surface area contributed by atoms with Crippen molar-refractivity contribution in [3.8, 4) is 44.5 Å². The van der Waals surface area contributed by atoms with Gasteiger partial charge >= 0.3 is 5.97 Å². The van der Waals surface area contributed by atoms with Gasteiger partial charge in [0.2, 0.25) is 0 Å². The van der Waals surface area contributed by atoms with Crippen LogP contribution in [0.2, 0.25) is 30.1 Å². The molecule has 5 heterocycles. The summed E-state index contributed by atoms with van der Waals surface area (Å²) in [5.74, 6) is -1.03. The second kappa shape index (κ2) is 14.9. The van der Waals surface area contributed by atoms with E-state index in [-0.39, 0.29) is 5.56 Å². The average molecular weight is 865 g/mol. The predicted octanol–water partition coefficient (Wildman–Crippen LogP) is 14.9. The Kier molecular flexibility index (Phi) is 9.74. The summed E-state index contributed by atoms with van der Waals surface area (Å²) >= 11 is 41.6. The summed E-state index contributed by atoms with van der Waals surface area (Å²) in [7, 11) is 0. The van der Waals surface area contributed by atoms with Crippen molar-refractivity contribution in [1.82, 2.24) is 19.9 Å². The summed E-state index contributed by atoms with van der Waals surface area (Å²) in [6, 6.07) is 30.4. The monoisotopic (exact) mass is 862 g/mol. The average Bonchev–Trinajstić information content (AvgIpc) is 4.03. The van der Waals surface area contributed by atoms with Crippen LogP contribution in [0.4, 0.5) is 0 Å². The van der Waals surface area contributed by atoms with Gasteiger partial charge in [-0.15, -0.1) is 0 Å². The lowest BCUT2D eigenvalue weighted by molar-refractivity contribution is 0.0697. The molecular formula is C45H24Cl6N4O2. The van der Waals surface area contributed by atoms with E-state index in [1.807, 2.05) is 48.6 Å². The summed E-state index contributed by atoms with van der Waals surface area (Å²) in [5, 5.41) is 12.3. The number of aromatic nitrogens is 4. The van der Waals surface area contributed by atoms with Crippen molar-refractivity contribution in [3.05, 3.63) is 162 Å². The van der Waals surface area contributed by atoms with E-state index < -0.39 is 5.97 Å². The van der Waals surface area contributed by atoms with E-state index >= 15 is 0 Å². The maximum atomic E-state index is 11.8. The molecule has 0 saturated carbocycles. The molecule has 7 aromatic rings. The normalized spacial score (nSPS) is 12.0. The number of carboxylic acid groups (broad SMARTS) is 1. The van der Waals surface area contributed by atoms with Gasteiger partial charge < -0.3 is 15.1 Å². The van der Waals surface area contributed by atoms with E-state index in [1.54, 1.807) is 78.9 Å². The SMILES string of the molecule is O=C(O)c1ccc(-c2c3nc(c(-c4c(Cl)cccc4Cl)c4ccc([nH]4)c(-c4c(Cl)cccc4Cl)c4nc(c(-c5c(Cl)cccc5Cl)c5ccc2[nH]5)C=C4)C=C3)cc1. The van der Waals surface area contributed by atoms with Crippen molar-refractivity contribution in [2.24, 2.45) is 0 Å². The first-order valence-corrected chi connectivity index (χ1v) is 19.7. The minimum atomic E-state index is -1.03. The van der Waals surface area contributed by atoms with Gasteiger partial charge in [0.1, 0.15) is 0 Å². The fourth-order valence-corrected chi connectivity index (χ4v) is 9.05. The number of aromatic amines is 2. The Morgan fingerprint density at radius 3 is 1.02 bits per heavy atom. The number of nitrogens with zero attached hydrogens (tertiary/aromatic N) is 2. The summed E-state index contributed by atoms with van der Waals surface area (Å²) in [4.78, 5) is 29.5. The van der Waals surface area contributed by atoms with E-state index in [0.717, 1.165) is 5.56 Å². The van der Waals surface area contributed by atoms with Crippen LogP contribution in [0.1, 0.15) is 33.1 Å². The molecular weight excluding hydrogens is 841 g/mol. The molecule has 0 unspecified atom stereocenters. The molecule has 8 bridgehead atoms. The molecule has 0 amide bonds. The molecule has 3 aromatic heterocycles. The van der Waals surface area contributed by atoms with Gasteiger partial charge in [0.25, 0.3) is 0 Å². The van der Waals surface area contributed by atoms with Gasteiger partial charge in [-0.3, -0.25) is 0 Å². The van der Waals surface area contributed by atoms with Gasteiger partial charge in [-0.25, -0.2) is 14.8 Å². The zero-order valence-electron chi connectivity index (χ0n) is 29.1. The van der Waals surface area contributed by atoms with Crippen molar-refractivity contribution in [2.75, 3.05) is 0 Å². The van der Waals surface area contributed by atoms with Crippen LogP contribution in [0.3, 0.4) is 0 Å². The number of carbonyl (C=O) groups is 1. The number of fused-ring (bicyclic) bond motifs is 8. The van der Waals surface area contributed by atoms with Crippen LogP contribution >= 0.6 is 69.6 Å². The molecule has 6 nitrogen and oxygen atoms in total. The predicted molar refractivity (Wildman–Crippen MR) is 238 cm³/mol. The Morgan fingerprint density at radius 1 is 0.404 bits per heavy atom. The van der Waals surface area contributed by atoms with Gasteiger partial charge in [0, 0.05) is 61.0 Å². The second-order valence-corrected chi connectivity index (χ2v) is 15.6. The van der Waals surface area contributed by atoms with Gasteiger partial charge in [-0.2, -0.15) is 0 Å². The maximum Gasteiger partial charge on any atom is 0.335 e. The number of H-pyrrole nitrogens is 2. The number of benzene rings is 4. The Labute approximate surface area is 355 Å². The number of aromatic carboxylic acids is 1. The minimum Gasteiger partial charge on any atom is -0.478 e. The van der Waals surface area contributed by atoms with Gasteiger partial charge in [0.15, 0.2) is 0 Å². The zero-order valence-corrected chi connectivity index (χ0v) is 33.7. The highest BCUT2D eigenvalue weighted by molar-refractivity contribution is 6.41. The third kappa shape index (κ3) is 6.62. The molecule has 278 valence electrons. The van der Waals surface area contributed by atoms with E-state index in [9.17, 15) is 9.90 Å². The van der Waals surface area contributed by atoms with Crippen LogP contribution in [0.25, 0.3) is 90.9 Å². The van der Waals surface area contributed by atoms with E-state index in [0.29, 0.717) is 114 Å². The zero-order chi connectivity index (χ0) is 39.5. The fraction of sp³-hybridized carbons (Fsp3) is 0. The molecule has 4 aromatic carbocycles. The van der Waals surface area contributed by atoms with Gasteiger partial charge in [0.05, 0.1) is 58.5 Å². The lowest BCUT2D eigenvalue weighted by atomic mass is 10.0. The molecule has 0 fully saturated rings. The number of carboxylic acids is 1. The van der Waals surface area contributed by atoms with Gasteiger partial charge in [-0.1, -0.05) is 99.9 Å². The van der Waals surface area contributed by atoms with Crippen molar-refractivity contribution in [3.63, 3.8) is 0 Å². The first-order valence-electron chi connectivity index (χ1n) is 17.4. The van der Waals surface area contributed by atoms with Crippen LogP contribution in [-0.4, -0.2) is 31.0 Å². The van der Waals surface area contributed by atoms with E-state index in [2.05, 4.69) is 9.97 Å². The smallest absolute Gasteiger partial charge is 0.335 e. The van der Waals surface area contributed by atoms with Crippen LogP contribution in [-0.2, 0) is 0 Å². The van der Waals surface area contributed by atoms with Crippen molar-refractivity contribution in [2.45, 2.75) is 0 Å². The van der Waals surface area contributed by atoms with E-state index in [1.165, 1.54) is 0 Å². The quantitative estimate of drug-likeness (QED) is 0.161. The molecule has 0 radical (unpaired) electrons. The summed E-state index contributed by atoms with van der Waals surface area (Å²) in [6.45, 7) is 0. The first-order chi connectivity index (χ1) is 27.6. The maximum absolute atomic E-state index is 11.8. The highest BCUT2D eigenvalue weighted by Crippen LogP contribution is 2.45. The first kappa shape index (κ1) is 37.3. The third-order valence-corrected chi connectivity index (χ3v) is 11.7. The number of hydrogen-bond acceptors (Lipinski definition) is 3. The largest absolute Gasteiger partial charge is 0.478 e. The second-order valence-electron chi connectivity index (χ2n) is 13.2. The Balaban J connectivity index is 1.51. The molecule has 0 atom stereocenters. The number of rotatable bonds is 5.